The summed E-state index contributed by atoms with van der Waals surface area (Å²) in [5, 5.41) is 6.03. The summed E-state index contributed by atoms with van der Waals surface area (Å²) in [6, 6.07) is 23.3. The van der Waals surface area contributed by atoms with Crippen LogP contribution in [0.1, 0.15) is 12.8 Å². The summed E-state index contributed by atoms with van der Waals surface area (Å²) < 4.78 is 11.3. The van der Waals surface area contributed by atoms with Crippen molar-refractivity contribution in [2.75, 3.05) is 7.05 Å². The number of ether oxygens (including phenoxy) is 1. The molecule has 0 bridgehead atoms. The highest BCUT2D eigenvalue weighted by Crippen LogP contribution is 2.26. The summed E-state index contributed by atoms with van der Waals surface area (Å²) in [6.07, 6.45) is -0.651. The molecule has 1 atom stereocenters. The van der Waals surface area contributed by atoms with Gasteiger partial charge in [0.1, 0.15) is 5.75 Å². The highest BCUT2D eigenvalue weighted by molar-refractivity contribution is 5.89. The lowest BCUT2D eigenvalue weighted by Gasteiger charge is -2.21. The van der Waals surface area contributed by atoms with Crippen molar-refractivity contribution < 1.29 is 14.1 Å². The predicted octanol–water partition coefficient (Wildman–Crippen LogP) is 4.32. The van der Waals surface area contributed by atoms with Gasteiger partial charge >= 0.3 is 0 Å². The van der Waals surface area contributed by atoms with E-state index in [-0.39, 0.29) is 12.5 Å². The van der Waals surface area contributed by atoms with Crippen LogP contribution in [-0.4, -0.2) is 34.1 Å². The van der Waals surface area contributed by atoms with Crippen LogP contribution >= 0.6 is 0 Å². The average Bonchev–Trinajstić information content (AvgIpc) is 3.22. The lowest BCUT2D eigenvalue weighted by atomic mass is 10.1. The lowest BCUT2D eigenvalue weighted by molar-refractivity contribution is -0.137. The third-order valence-corrected chi connectivity index (χ3v) is 4.65. The third kappa shape index (κ3) is 4.11. The number of carbonyl (C=O) groups is 1. The topological polar surface area (TPSA) is 68.5 Å². The Labute approximate surface area is 168 Å². The van der Waals surface area contributed by atoms with E-state index >= 15 is 0 Å². The van der Waals surface area contributed by atoms with E-state index in [1.807, 2.05) is 72.8 Å². The van der Waals surface area contributed by atoms with Crippen molar-refractivity contribution in [2.24, 2.45) is 0 Å². The highest BCUT2D eigenvalue weighted by atomic mass is 16.5. The summed E-state index contributed by atoms with van der Waals surface area (Å²) in [5.74, 6) is 1.39. The number of rotatable bonds is 6. The van der Waals surface area contributed by atoms with Gasteiger partial charge in [0.05, 0.1) is 6.54 Å². The zero-order valence-electron chi connectivity index (χ0n) is 16.3. The Bertz CT molecular complexity index is 1120. The molecule has 0 fully saturated rings. The Morgan fingerprint density at radius 2 is 1.76 bits per heavy atom. The molecule has 0 aliphatic carbocycles. The van der Waals surface area contributed by atoms with Crippen LogP contribution in [0.15, 0.2) is 77.3 Å². The van der Waals surface area contributed by atoms with Crippen LogP contribution in [0.4, 0.5) is 0 Å². The Morgan fingerprint density at radius 3 is 2.59 bits per heavy atom. The van der Waals surface area contributed by atoms with Gasteiger partial charge in [-0.3, -0.25) is 4.79 Å². The molecular weight excluding hydrogens is 366 g/mol. The Hall–Kier alpha value is -3.67. The second-order valence-corrected chi connectivity index (χ2v) is 6.81. The zero-order valence-corrected chi connectivity index (χ0v) is 16.3. The predicted molar refractivity (Wildman–Crippen MR) is 110 cm³/mol. The van der Waals surface area contributed by atoms with Gasteiger partial charge < -0.3 is 14.2 Å². The number of nitrogens with zero attached hydrogens (tertiary/aromatic N) is 3. The Morgan fingerprint density at radius 1 is 1.03 bits per heavy atom. The standard InChI is InChI=1S/C23H21N3O3/c1-16(28-20-14-8-12-17-9-6-7-13-19(17)20)23(27)26(2)15-21-24-22(25-29-21)18-10-4-3-5-11-18/h3-14,16H,15H2,1-2H3/t16-/m1/s1. The number of benzene rings is 3. The van der Waals surface area contributed by atoms with E-state index in [9.17, 15) is 4.79 Å². The van der Waals surface area contributed by atoms with Crippen LogP contribution < -0.4 is 4.74 Å². The maximum atomic E-state index is 12.8. The summed E-state index contributed by atoms with van der Waals surface area (Å²) >= 11 is 0. The molecule has 4 rings (SSSR count). The number of hydrogen-bond acceptors (Lipinski definition) is 5. The number of amides is 1. The molecule has 0 aliphatic heterocycles. The maximum Gasteiger partial charge on any atom is 0.263 e. The lowest BCUT2D eigenvalue weighted by Crippen LogP contribution is -2.37. The van der Waals surface area contributed by atoms with Crippen LogP contribution in [0.2, 0.25) is 0 Å². The molecule has 0 spiro atoms. The Kier molecular flexibility index (Phi) is 5.24. The van der Waals surface area contributed by atoms with Crippen molar-refractivity contribution in [1.29, 1.82) is 0 Å². The fraction of sp³-hybridized carbons (Fsp3) is 0.174. The van der Waals surface area contributed by atoms with Gasteiger partial charge in [0.2, 0.25) is 11.7 Å². The van der Waals surface area contributed by atoms with E-state index in [0.717, 1.165) is 16.3 Å². The van der Waals surface area contributed by atoms with Gasteiger partial charge in [0.15, 0.2) is 6.10 Å². The molecule has 0 aliphatic rings. The van der Waals surface area contributed by atoms with Crippen LogP contribution in [0.25, 0.3) is 22.2 Å². The number of fused-ring (bicyclic) bond motifs is 1. The highest BCUT2D eigenvalue weighted by Gasteiger charge is 2.22. The number of carbonyl (C=O) groups excluding carboxylic acids is 1. The first-order chi connectivity index (χ1) is 14.1. The third-order valence-electron chi connectivity index (χ3n) is 4.65. The molecule has 0 N–H and O–H groups in total. The largest absolute Gasteiger partial charge is 0.480 e. The molecule has 1 amide bonds. The minimum absolute atomic E-state index is 0.169. The molecule has 3 aromatic carbocycles. The average molecular weight is 387 g/mol. The number of likely N-dealkylation sites (N-methyl/N-ethyl adjacent to an activating group) is 1. The van der Waals surface area contributed by atoms with Crippen LogP contribution in [0, 0.1) is 0 Å². The van der Waals surface area contributed by atoms with E-state index in [2.05, 4.69) is 10.1 Å². The first-order valence-corrected chi connectivity index (χ1v) is 9.39. The number of aromatic nitrogens is 2. The van der Waals surface area contributed by atoms with Gasteiger partial charge in [-0.1, -0.05) is 71.9 Å². The molecule has 0 saturated carbocycles. The van der Waals surface area contributed by atoms with Gasteiger partial charge in [0.25, 0.3) is 5.91 Å². The molecule has 1 heterocycles. The molecular formula is C23H21N3O3. The van der Waals surface area contributed by atoms with Gasteiger partial charge in [-0.15, -0.1) is 0 Å². The molecule has 6 heteroatoms. The molecule has 1 aromatic heterocycles. The quantitative estimate of drug-likeness (QED) is 0.493. The van der Waals surface area contributed by atoms with Crippen molar-refractivity contribution in [2.45, 2.75) is 19.6 Å². The van der Waals surface area contributed by atoms with E-state index in [1.165, 1.54) is 4.90 Å². The summed E-state index contributed by atoms with van der Waals surface area (Å²) in [6.45, 7) is 1.95. The second-order valence-electron chi connectivity index (χ2n) is 6.81. The smallest absolute Gasteiger partial charge is 0.263 e. The normalized spacial score (nSPS) is 11.9. The molecule has 6 nitrogen and oxygen atoms in total. The molecule has 0 radical (unpaired) electrons. The maximum absolute atomic E-state index is 12.8. The molecule has 146 valence electrons. The van der Waals surface area contributed by atoms with Crippen LogP contribution in [0.3, 0.4) is 0 Å². The molecule has 29 heavy (non-hydrogen) atoms. The minimum Gasteiger partial charge on any atom is -0.480 e. The van der Waals surface area contributed by atoms with Crippen molar-refractivity contribution in [3.05, 3.63) is 78.7 Å². The van der Waals surface area contributed by atoms with Crippen molar-refractivity contribution in [3.8, 4) is 17.1 Å². The zero-order chi connectivity index (χ0) is 20.2. The van der Waals surface area contributed by atoms with Gasteiger partial charge in [0, 0.05) is 18.0 Å². The summed E-state index contributed by atoms with van der Waals surface area (Å²) in [7, 11) is 1.69. The van der Waals surface area contributed by atoms with E-state index in [0.29, 0.717) is 17.5 Å². The summed E-state index contributed by atoms with van der Waals surface area (Å²) in [4.78, 5) is 18.7. The van der Waals surface area contributed by atoms with Crippen LogP contribution in [-0.2, 0) is 11.3 Å². The van der Waals surface area contributed by atoms with Gasteiger partial charge in [-0.2, -0.15) is 4.98 Å². The van der Waals surface area contributed by atoms with Gasteiger partial charge in [-0.25, -0.2) is 0 Å². The van der Waals surface area contributed by atoms with E-state index in [4.69, 9.17) is 9.26 Å². The van der Waals surface area contributed by atoms with E-state index < -0.39 is 6.10 Å². The first-order valence-electron chi connectivity index (χ1n) is 9.39. The monoisotopic (exact) mass is 387 g/mol. The van der Waals surface area contributed by atoms with Crippen molar-refractivity contribution >= 4 is 16.7 Å². The molecule has 0 unspecified atom stereocenters. The fourth-order valence-electron chi connectivity index (χ4n) is 3.15. The minimum atomic E-state index is -0.651. The van der Waals surface area contributed by atoms with Crippen LogP contribution in [0.5, 0.6) is 5.75 Å². The first kappa shape index (κ1) is 18.7. The SMILES string of the molecule is C[C@@H](Oc1cccc2ccccc12)C(=O)N(C)Cc1nc(-c2ccccc2)no1. The fourth-order valence-corrected chi connectivity index (χ4v) is 3.15. The van der Waals surface area contributed by atoms with Gasteiger partial charge in [-0.05, 0) is 18.4 Å². The van der Waals surface area contributed by atoms with Crippen molar-refractivity contribution in [1.82, 2.24) is 15.0 Å². The number of hydrogen-bond donors (Lipinski definition) is 0. The van der Waals surface area contributed by atoms with E-state index in [1.54, 1.807) is 14.0 Å². The second kappa shape index (κ2) is 8.14. The Balaban J connectivity index is 1.43. The molecule has 0 saturated heterocycles. The summed E-state index contributed by atoms with van der Waals surface area (Å²) in [5.41, 5.74) is 0.865. The molecule has 4 aromatic rings. The van der Waals surface area contributed by atoms with Crippen molar-refractivity contribution in [3.63, 3.8) is 0 Å².